The van der Waals surface area contributed by atoms with E-state index in [4.69, 9.17) is 4.79 Å². The van der Waals surface area contributed by atoms with Crippen LogP contribution in [-0.2, 0) is 11.2 Å². The van der Waals surface area contributed by atoms with Crippen LogP contribution in [0.3, 0.4) is 0 Å². The molecule has 1 aromatic rings. The fourth-order valence-electron chi connectivity index (χ4n) is 0.714. The number of hydrogen-bond acceptors (Lipinski definition) is 1. The summed E-state index contributed by atoms with van der Waals surface area (Å²) in [5, 5.41) is 0. The lowest BCUT2D eigenvalue weighted by Gasteiger charge is -1.89. The third kappa shape index (κ3) is 10.9. The second kappa shape index (κ2) is 13.5. The van der Waals surface area contributed by atoms with Crippen molar-refractivity contribution in [1.29, 1.82) is 0 Å². The Bertz CT molecular complexity index is 170. The average molecular weight is 180 g/mol. The molecule has 1 rings (SSSR count). The summed E-state index contributed by atoms with van der Waals surface area (Å²) in [7, 11) is 0. The standard InChI is InChI=1S/C8H10.C3H8.CH2O/c1-2-8-6-4-3-5-7-8;1-3-2;1-2/h3-7H,2H2,1H3;3H2,1-2H3;1H2. The molecule has 0 N–H and O–H groups in total. The van der Waals surface area contributed by atoms with Gasteiger partial charge in [0.25, 0.3) is 0 Å². The van der Waals surface area contributed by atoms with Gasteiger partial charge in [-0.15, -0.1) is 0 Å². The number of rotatable bonds is 1. The lowest BCUT2D eigenvalue weighted by atomic mass is 10.2. The number of aryl methyl sites for hydroxylation is 1. The summed E-state index contributed by atoms with van der Waals surface area (Å²) >= 11 is 0. The Morgan fingerprint density at radius 1 is 1.00 bits per heavy atom. The van der Waals surface area contributed by atoms with Gasteiger partial charge in [0.05, 0.1) is 0 Å². The van der Waals surface area contributed by atoms with Crippen molar-refractivity contribution >= 4 is 6.79 Å². The van der Waals surface area contributed by atoms with Crippen LogP contribution >= 0.6 is 0 Å². The van der Waals surface area contributed by atoms with Crippen LogP contribution in [0.5, 0.6) is 0 Å². The Balaban J connectivity index is 0. The van der Waals surface area contributed by atoms with Gasteiger partial charge in [-0.25, -0.2) is 0 Å². The third-order valence-electron chi connectivity index (χ3n) is 1.25. The number of benzene rings is 1. The van der Waals surface area contributed by atoms with E-state index in [1.807, 2.05) is 12.9 Å². The molecule has 0 aromatic heterocycles. The van der Waals surface area contributed by atoms with Crippen LogP contribution in [0, 0.1) is 0 Å². The summed E-state index contributed by atoms with van der Waals surface area (Å²) in [5.74, 6) is 0. The number of carbonyl (C=O) groups is 1. The summed E-state index contributed by atoms with van der Waals surface area (Å²) in [6.45, 7) is 8.41. The van der Waals surface area contributed by atoms with Crippen molar-refractivity contribution < 1.29 is 4.79 Å². The van der Waals surface area contributed by atoms with Gasteiger partial charge in [-0.3, -0.25) is 0 Å². The minimum absolute atomic E-state index is 1.14. The molecule has 0 aliphatic rings. The highest BCUT2D eigenvalue weighted by molar-refractivity contribution is 5.13. The molecule has 0 aliphatic carbocycles. The second-order valence-electron chi connectivity index (χ2n) is 2.55. The van der Waals surface area contributed by atoms with E-state index < -0.39 is 0 Å². The van der Waals surface area contributed by atoms with Crippen molar-refractivity contribution in [3.63, 3.8) is 0 Å². The zero-order valence-corrected chi connectivity index (χ0v) is 8.92. The molecule has 74 valence electrons. The molecule has 0 amide bonds. The van der Waals surface area contributed by atoms with E-state index in [1.165, 1.54) is 12.0 Å². The summed E-state index contributed by atoms with van der Waals surface area (Å²) in [5.41, 5.74) is 1.41. The van der Waals surface area contributed by atoms with E-state index in [0.29, 0.717) is 0 Å². The van der Waals surface area contributed by atoms with Crippen molar-refractivity contribution in [2.45, 2.75) is 33.6 Å². The highest BCUT2D eigenvalue weighted by atomic mass is 16.1. The molecule has 0 saturated heterocycles. The molecule has 1 aromatic carbocycles. The summed E-state index contributed by atoms with van der Waals surface area (Å²) in [6, 6.07) is 10.5. The first-order chi connectivity index (χ1) is 6.35. The van der Waals surface area contributed by atoms with Crippen LogP contribution in [0.4, 0.5) is 0 Å². The fraction of sp³-hybridized carbons (Fsp3) is 0.417. The maximum Gasteiger partial charge on any atom is 0.106 e. The highest BCUT2D eigenvalue weighted by Gasteiger charge is 1.79. The Hall–Kier alpha value is -1.11. The summed E-state index contributed by atoms with van der Waals surface area (Å²) in [4.78, 5) is 8.00. The van der Waals surface area contributed by atoms with E-state index in [1.54, 1.807) is 0 Å². The molecular formula is C12H20O. The zero-order valence-electron chi connectivity index (χ0n) is 8.92. The monoisotopic (exact) mass is 180 g/mol. The molecule has 0 aliphatic heterocycles. The van der Waals surface area contributed by atoms with Crippen LogP contribution in [0.1, 0.15) is 32.8 Å². The van der Waals surface area contributed by atoms with Crippen LogP contribution in [0.15, 0.2) is 30.3 Å². The first-order valence-corrected chi connectivity index (χ1v) is 4.67. The average Bonchev–Trinajstić information content (AvgIpc) is 2.23. The lowest BCUT2D eigenvalue weighted by molar-refractivity contribution is -0.0979. The second-order valence-corrected chi connectivity index (χ2v) is 2.55. The van der Waals surface area contributed by atoms with Crippen LogP contribution in [0.25, 0.3) is 0 Å². The van der Waals surface area contributed by atoms with Crippen molar-refractivity contribution in [2.75, 3.05) is 0 Å². The minimum Gasteiger partial charge on any atom is -0.307 e. The molecule has 0 atom stereocenters. The largest absolute Gasteiger partial charge is 0.307 e. The Labute approximate surface area is 81.8 Å². The third-order valence-corrected chi connectivity index (χ3v) is 1.25. The summed E-state index contributed by atoms with van der Waals surface area (Å²) in [6.07, 6.45) is 2.39. The van der Waals surface area contributed by atoms with E-state index in [9.17, 15) is 0 Å². The Morgan fingerprint density at radius 3 is 1.62 bits per heavy atom. The van der Waals surface area contributed by atoms with Crippen LogP contribution in [-0.4, -0.2) is 6.79 Å². The molecule has 0 saturated carbocycles. The van der Waals surface area contributed by atoms with Gasteiger partial charge in [0.15, 0.2) is 0 Å². The molecule has 0 unspecified atom stereocenters. The van der Waals surface area contributed by atoms with Gasteiger partial charge >= 0.3 is 0 Å². The van der Waals surface area contributed by atoms with Gasteiger partial charge in [0, 0.05) is 0 Å². The van der Waals surface area contributed by atoms with Crippen molar-refractivity contribution in [3.05, 3.63) is 35.9 Å². The van der Waals surface area contributed by atoms with Gasteiger partial charge in [-0.2, -0.15) is 0 Å². The van der Waals surface area contributed by atoms with Gasteiger partial charge < -0.3 is 4.79 Å². The van der Waals surface area contributed by atoms with Gasteiger partial charge in [0.1, 0.15) is 6.79 Å². The first kappa shape index (κ1) is 14.4. The smallest absolute Gasteiger partial charge is 0.106 e. The van der Waals surface area contributed by atoms with E-state index in [-0.39, 0.29) is 0 Å². The van der Waals surface area contributed by atoms with Gasteiger partial charge in [0.2, 0.25) is 0 Å². The first-order valence-electron chi connectivity index (χ1n) is 4.67. The quantitative estimate of drug-likeness (QED) is 0.646. The van der Waals surface area contributed by atoms with Gasteiger partial charge in [-0.1, -0.05) is 57.5 Å². The molecule has 0 radical (unpaired) electrons. The van der Waals surface area contributed by atoms with Crippen LogP contribution in [0.2, 0.25) is 0 Å². The fourth-order valence-corrected chi connectivity index (χ4v) is 0.714. The minimum atomic E-state index is 1.14. The topological polar surface area (TPSA) is 17.1 Å². The molecule has 0 spiro atoms. The van der Waals surface area contributed by atoms with E-state index in [0.717, 1.165) is 6.42 Å². The number of hydrogen-bond donors (Lipinski definition) is 0. The molecule has 0 heterocycles. The molecule has 13 heavy (non-hydrogen) atoms. The molecule has 1 heteroatoms. The maximum absolute atomic E-state index is 8.00. The van der Waals surface area contributed by atoms with E-state index >= 15 is 0 Å². The Kier molecular flexibility index (Phi) is 14.9. The zero-order chi connectivity index (χ0) is 10.5. The van der Waals surface area contributed by atoms with Crippen molar-refractivity contribution in [1.82, 2.24) is 0 Å². The van der Waals surface area contributed by atoms with Crippen molar-refractivity contribution in [3.8, 4) is 0 Å². The predicted octanol–water partition coefficient (Wildman–Crippen LogP) is 3.48. The molecule has 0 fully saturated rings. The number of carbonyl (C=O) groups excluding carboxylic acids is 1. The molecule has 0 bridgehead atoms. The molecule has 1 nitrogen and oxygen atoms in total. The lowest BCUT2D eigenvalue weighted by Crippen LogP contribution is -1.73. The molecular weight excluding hydrogens is 160 g/mol. The Morgan fingerprint density at radius 2 is 1.38 bits per heavy atom. The van der Waals surface area contributed by atoms with E-state index in [2.05, 4.69) is 45.0 Å². The van der Waals surface area contributed by atoms with Gasteiger partial charge in [-0.05, 0) is 12.0 Å². The van der Waals surface area contributed by atoms with Crippen LogP contribution < -0.4 is 0 Å². The SMILES string of the molecule is C=O.CCC.CCc1ccccc1. The summed E-state index contributed by atoms with van der Waals surface area (Å²) < 4.78 is 0. The highest BCUT2D eigenvalue weighted by Crippen LogP contribution is 1.96. The normalized spacial score (nSPS) is 7.31. The van der Waals surface area contributed by atoms with Crippen molar-refractivity contribution in [2.24, 2.45) is 0 Å². The predicted molar refractivity (Wildman–Crippen MR) is 58.9 cm³/mol. The maximum atomic E-state index is 8.00.